The number of carbonyl (C=O) groups excluding carboxylic acids is 1. The first-order valence-corrected chi connectivity index (χ1v) is 14.1. The van der Waals surface area contributed by atoms with Crippen molar-refractivity contribution in [2.75, 3.05) is 24.6 Å². The summed E-state index contributed by atoms with van der Waals surface area (Å²) in [5, 5.41) is 3.37. The lowest BCUT2D eigenvalue weighted by Gasteiger charge is -2.27. The molecular formula is C30H29ClN2O5S. The summed E-state index contributed by atoms with van der Waals surface area (Å²) in [6.45, 7) is 2.36. The lowest BCUT2D eigenvalue weighted by molar-refractivity contribution is 0.0947. The van der Waals surface area contributed by atoms with Crippen LogP contribution in [-0.4, -0.2) is 34.6 Å². The molecule has 0 aliphatic heterocycles. The van der Waals surface area contributed by atoms with E-state index in [0.717, 1.165) is 16.9 Å². The number of para-hydroxylation sites is 1. The average Bonchev–Trinajstić information content (AvgIpc) is 2.95. The van der Waals surface area contributed by atoms with E-state index in [-0.39, 0.29) is 35.8 Å². The van der Waals surface area contributed by atoms with Gasteiger partial charge in [0, 0.05) is 5.02 Å². The van der Waals surface area contributed by atoms with Gasteiger partial charge in [0.2, 0.25) is 0 Å². The number of hydrogen-bond donors (Lipinski definition) is 1. The zero-order chi connectivity index (χ0) is 27.8. The van der Waals surface area contributed by atoms with Gasteiger partial charge in [-0.05, 0) is 73.2 Å². The van der Waals surface area contributed by atoms with Crippen LogP contribution >= 0.6 is 11.6 Å². The van der Waals surface area contributed by atoms with E-state index in [4.69, 9.17) is 21.1 Å². The quantitative estimate of drug-likeness (QED) is 0.231. The number of sulfonamides is 1. The number of nitrogens with one attached hydrogen (secondary N) is 1. The number of hydrogen-bond acceptors (Lipinski definition) is 5. The number of carbonyl (C=O) groups is 1. The first-order chi connectivity index (χ1) is 18.8. The fourth-order valence-electron chi connectivity index (χ4n) is 3.88. The van der Waals surface area contributed by atoms with Crippen molar-refractivity contribution < 1.29 is 22.7 Å². The van der Waals surface area contributed by atoms with E-state index in [2.05, 4.69) is 5.32 Å². The Morgan fingerprint density at radius 1 is 0.872 bits per heavy atom. The Hall–Kier alpha value is -4.01. The molecule has 1 N–H and O–H groups in total. The summed E-state index contributed by atoms with van der Waals surface area (Å²) in [6.07, 6.45) is 0. The third-order valence-electron chi connectivity index (χ3n) is 5.98. The van der Waals surface area contributed by atoms with E-state index >= 15 is 0 Å². The monoisotopic (exact) mass is 564 g/mol. The summed E-state index contributed by atoms with van der Waals surface area (Å²) in [5.41, 5.74) is 2.15. The first-order valence-electron chi connectivity index (χ1n) is 12.3. The summed E-state index contributed by atoms with van der Waals surface area (Å²) >= 11 is 6.05. The van der Waals surface area contributed by atoms with Crippen LogP contribution in [0.4, 0.5) is 5.69 Å². The molecule has 0 fully saturated rings. The van der Waals surface area contributed by atoms with Crippen molar-refractivity contribution in [1.29, 1.82) is 0 Å². The molecule has 0 atom stereocenters. The third kappa shape index (κ3) is 7.10. The molecule has 0 spiro atoms. The van der Waals surface area contributed by atoms with Gasteiger partial charge in [0.1, 0.15) is 18.1 Å². The number of aryl methyl sites for hydroxylation is 1. The smallest absolute Gasteiger partial charge is 0.264 e. The van der Waals surface area contributed by atoms with Crippen LogP contribution in [0.25, 0.3) is 0 Å². The fourth-order valence-corrected chi connectivity index (χ4v) is 5.47. The molecule has 0 bridgehead atoms. The van der Waals surface area contributed by atoms with Crippen molar-refractivity contribution in [3.63, 3.8) is 0 Å². The van der Waals surface area contributed by atoms with Crippen LogP contribution in [0.3, 0.4) is 0 Å². The highest BCUT2D eigenvalue weighted by atomic mass is 35.5. The standard InChI is InChI=1S/C30H29ClN2O5S/c1-22-7-17-27(18-8-22)39(35,36)33(21-23-9-11-24(31)12-10-23)29-6-4-3-5-28(29)30(34)32-19-20-38-26-15-13-25(37-2)14-16-26/h3-18H,19-21H2,1-2H3,(H,32,34). The van der Waals surface area contributed by atoms with Gasteiger partial charge in [-0.1, -0.05) is 53.6 Å². The van der Waals surface area contributed by atoms with E-state index < -0.39 is 15.9 Å². The molecule has 1 amide bonds. The van der Waals surface area contributed by atoms with Gasteiger partial charge in [0.15, 0.2) is 0 Å². The van der Waals surface area contributed by atoms with Crippen LogP contribution in [0, 0.1) is 6.92 Å². The highest BCUT2D eigenvalue weighted by Crippen LogP contribution is 2.30. The molecule has 0 aliphatic carbocycles. The molecular weight excluding hydrogens is 536 g/mol. The predicted molar refractivity (Wildman–Crippen MR) is 153 cm³/mol. The van der Waals surface area contributed by atoms with Gasteiger partial charge >= 0.3 is 0 Å². The molecule has 0 heterocycles. The molecule has 39 heavy (non-hydrogen) atoms. The Bertz CT molecular complexity index is 1510. The molecule has 0 aliphatic rings. The molecule has 202 valence electrons. The van der Waals surface area contributed by atoms with Crippen LogP contribution in [-0.2, 0) is 16.6 Å². The molecule has 0 aromatic heterocycles. The number of rotatable bonds is 11. The number of anilines is 1. The van der Waals surface area contributed by atoms with E-state index in [1.165, 1.54) is 4.31 Å². The zero-order valence-corrected chi connectivity index (χ0v) is 23.2. The van der Waals surface area contributed by atoms with Gasteiger partial charge in [-0.15, -0.1) is 0 Å². The molecule has 0 saturated carbocycles. The minimum atomic E-state index is -4.02. The molecule has 0 saturated heterocycles. The molecule has 7 nitrogen and oxygen atoms in total. The Kier molecular flexibility index (Phi) is 9.11. The largest absolute Gasteiger partial charge is 0.497 e. The van der Waals surface area contributed by atoms with Crippen molar-refractivity contribution >= 4 is 33.2 Å². The maximum Gasteiger partial charge on any atom is 0.264 e. The second kappa shape index (κ2) is 12.7. The number of amides is 1. The molecule has 0 unspecified atom stereocenters. The minimum Gasteiger partial charge on any atom is -0.497 e. The SMILES string of the molecule is COc1ccc(OCCNC(=O)c2ccccc2N(Cc2ccc(Cl)cc2)S(=O)(=O)c2ccc(C)cc2)cc1. The lowest BCUT2D eigenvalue weighted by atomic mass is 10.1. The Morgan fingerprint density at radius 3 is 2.18 bits per heavy atom. The van der Waals surface area contributed by atoms with Crippen molar-refractivity contribution in [3.8, 4) is 11.5 Å². The van der Waals surface area contributed by atoms with Gasteiger partial charge in [0.05, 0.1) is 36.3 Å². The number of halogens is 1. The van der Waals surface area contributed by atoms with Gasteiger partial charge in [-0.2, -0.15) is 0 Å². The van der Waals surface area contributed by atoms with E-state index in [1.54, 1.807) is 104 Å². The topological polar surface area (TPSA) is 84.9 Å². The van der Waals surface area contributed by atoms with Crippen LogP contribution in [0.15, 0.2) is 102 Å². The maximum absolute atomic E-state index is 13.9. The maximum atomic E-state index is 13.9. The number of nitrogens with zero attached hydrogens (tertiary/aromatic N) is 1. The molecule has 9 heteroatoms. The Balaban J connectivity index is 1.57. The second-order valence-corrected chi connectivity index (χ2v) is 11.0. The minimum absolute atomic E-state index is 0.0122. The van der Waals surface area contributed by atoms with Crippen molar-refractivity contribution in [2.45, 2.75) is 18.4 Å². The summed E-state index contributed by atoms with van der Waals surface area (Å²) < 4.78 is 39.9. The summed E-state index contributed by atoms with van der Waals surface area (Å²) in [4.78, 5) is 13.4. The van der Waals surface area contributed by atoms with Gasteiger partial charge in [-0.3, -0.25) is 9.10 Å². The molecule has 4 aromatic rings. The van der Waals surface area contributed by atoms with E-state index in [0.29, 0.717) is 10.8 Å². The number of methoxy groups -OCH3 is 1. The highest BCUT2D eigenvalue weighted by Gasteiger charge is 2.28. The lowest BCUT2D eigenvalue weighted by Crippen LogP contribution is -2.34. The van der Waals surface area contributed by atoms with E-state index in [1.807, 2.05) is 6.92 Å². The zero-order valence-electron chi connectivity index (χ0n) is 21.6. The van der Waals surface area contributed by atoms with Gasteiger partial charge in [-0.25, -0.2) is 8.42 Å². The van der Waals surface area contributed by atoms with Crippen LogP contribution in [0.1, 0.15) is 21.5 Å². The summed E-state index contributed by atoms with van der Waals surface area (Å²) in [6, 6.07) is 27.3. The second-order valence-electron chi connectivity index (χ2n) is 8.75. The fraction of sp³-hybridized carbons (Fsp3) is 0.167. The summed E-state index contributed by atoms with van der Waals surface area (Å²) in [7, 11) is -2.43. The normalized spacial score (nSPS) is 11.1. The predicted octanol–water partition coefficient (Wildman–Crippen LogP) is 5.86. The summed E-state index contributed by atoms with van der Waals surface area (Å²) in [5.74, 6) is 0.948. The molecule has 4 rings (SSSR count). The van der Waals surface area contributed by atoms with Crippen molar-refractivity contribution in [2.24, 2.45) is 0 Å². The van der Waals surface area contributed by atoms with Crippen LogP contribution in [0.2, 0.25) is 5.02 Å². The van der Waals surface area contributed by atoms with Crippen LogP contribution < -0.4 is 19.1 Å². The van der Waals surface area contributed by atoms with Crippen molar-refractivity contribution in [1.82, 2.24) is 5.32 Å². The van der Waals surface area contributed by atoms with Crippen molar-refractivity contribution in [3.05, 3.63) is 119 Å². The van der Waals surface area contributed by atoms with E-state index in [9.17, 15) is 13.2 Å². The highest BCUT2D eigenvalue weighted by molar-refractivity contribution is 7.92. The first kappa shape index (κ1) is 28.0. The number of benzene rings is 4. The number of ether oxygens (including phenoxy) is 2. The Morgan fingerprint density at radius 2 is 1.51 bits per heavy atom. The molecule has 0 radical (unpaired) electrons. The van der Waals surface area contributed by atoms with Gasteiger partial charge in [0.25, 0.3) is 15.9 Å². The third-order valence-corrected chi connectivity index (χ3v) is 8.01. The average molecular weight is 565 g/mol. The van der Waals surface area contributed by atoms with Gasteiger partial charge < -0.3 is 14.8 Å². The Labute approximate surface area is 234 Å². The van der Waals surface area contributed by atoms with Crippen LogP contribution in [0.5, 0.6) is 11.5 Å². The molecule has 4 aromatic carbocycles.